The van der Waals surface area contributed by atoms with Gasteiger partial charge in [-0.1, -0.05) is 13.8 Å². The summed E-state index contributed by atoms with van der Waals surface area (Å²) in [4.78, 5) is 0. The van der Waals surface area contributed by atoms with Gasteiger partial charge in [-0.2, -0.15) is 5.10 Å². The highest BCUT2D eigenvalue weighted by molar-refractivity contribution is 5.29. The molecule has 1 fully saturated rings. The van der Waals surface area contributed by atoms with Crippen molar-refractivity contribution in [2.75, 3.05) is 20.3 Å². The van der Waals surface area contributed by atoms with Gasteiger partial charge >= 0.3 is 0 Å². The zero-order valence-electron chi connectivity index (χ0n) is 13.6. The summed E-state index contributed by atoms with van der Waals surface area (Å²) in [5, 5.41) is 8.15. The van der Waals surface area contributed by atoms with E-state index in [1.54, 1.807) is 7.11 Å². The second kappa shape index (κ2) is 8.39. The van der Waals surface area contributed by atoms with E-state index in [0.717, 1.165) is 50.4 Å². The number of ether oxygens (including phenoxy) is 2. The summed E-state index contributed by atoms with van der Waals surface area (Å²) >= 11 is 0. The van der Waals surface area contributed by atoms with Crippen molar-refractivity contribution in [3.8, 4) is 5.75 Å². The molecule has 1 aliphatic heterocycles. The van der Waals surface area contributed by atoms with Gasteiger partial charge in [0, 0.05) is 13.2 Å². The average molecular weight is 295 g/mol. The minimum absolute atomic E-state index is 0.161. The molecule has 0 bridgehead atoms. The Balaban J connectivity index is 2.27. The summed E-state index contributed by atoms with van der Waals surface area (Å²) in [5.41, 5.74) is 1.14. The second-order valence-electron chi connectivity index (χ2n) is 5.66. The fraction of sp³-hybridized carbons (Fsp3) is 0.812. The summed E-state index contributed by atoms with van der Waals surface area (Å²) < 4.78 is 13.7. The molecule has 2 unspecified atom stereocenters. The smallest absolute Gasteiger partial charge is 0.161 e. The second-order valence-corrected chi connectivity index (χ2v) is 5.66. The van der Waals surface area contributed by atoms with E-state index in [9.17, 15) is 0 Å². The van der Waals surface area contributed by atoms with Gasteiger partial charge < -0.3 is 14.8 Å². The summed E-state index contributed by atoms with van der Waals surface area (Å²) in [6.45, 7) is 7.11. The van der Waals surface area contributed by atoms with Gasteiger partial charge in [-0.15, -0.1) is 0 Å². The lowest BCUT2D eigenvalue weighted by Gasteiger charge is -2.32. The summed E-state index contributed by atoms with van der Waals surface area (Å²) in [6.07, 6.45) is 7.71. The van der Waals surface area contributed by atoms with Gasteiger partial charge in [-0.3, -0.25) is 4.68 Å². The third-order valence-corrected chi connectivity index (χ3v) is 4.00. The number of nitrogens with one attached hydrogen (secondary N) is 1. The maximum Gasteiger partial charge on any atom is 0.161 e. The molecule has 0 aromatic carbocycles. The molecule has 21 heavy (non-hydrogen) atoms. The molecule has 2 rings (SSSR count). The highest BCUT2D eigenvalue weighted by atomic mass is 16.5. The van der Waals surface area contributed by atoms with E-state index >= 15 is 0 Å². The predicted octanol–water partition coefficient (Wildman–Crippen LogP) is 2.91. The van der Waals surface area contributed by atoms with Gasteiger partial charge in [0.05, 0.1) is 31.1 Å². The van der Waals surface area contributed by atoms with Crippen LogP contribution in [0, 0.1) is 0 Å². The van der Waals surface area contributed by atoms with Crippen molar-refractivity contribution >= 4 is 0 Å². The molecule has 2 heterocycles. The minimum atomic E-state index is 0.161. The van der Waals surface area contributed by atoms with Crippen molar-refractivity contribution in [3.63, 3.8) is 0 Å². The zero-order chi connectivity index (χ0) is 15.1. The van der Waals surface area contributed by atoms with Crippen molar-refractivity contribution in [3.05, 3.63) is 11.9 Å². The molecule has 0 aliphatic carbocycles. The first-order chi connectivity index (χ1) is 10.3. The van der Waals surface area contributed by atoms with Crippen molar-refractivity contribution in [2.45, 2.75) is 64.6 Å². The number of rotatable bonds is 8. The number of hydrogen-bond donors (Lipinski definition) is 1. The number of aryl methyl sites for hydroxylation is 1. The van der Waals surface area contributed by atoms with Crippen molar-refractivity contribution in [2.24, 2.45) is 0 Å². The van der Waals surface area contributed by atoms with Crippen LogP contribution in [0.25, 0.3) is 0 Å². The van der Waals surface area contributed by atoms with Crippen LogP contribution in [0.15, 0.2) is 6.20 Å². The van der Waals surface area contributed by atoms with Gasteiger partial charge in [0.2, 0.25) is 0 Å². The highest BCUT2D eigenvalue weighted by Gasteiger charge is 2.31. The predicted molar refractivity (Wildman–Crippen MR) is 83.7 cm³/mol. The van der Waals surface area contributed by atoms with E-state index in [2.05, 4.69) is 28.9 Å². The number of methoxy groups -OCH3 is 1. The maximum atomic E-state index is 6.03. The molecule has 1 aromatic rings. The number of aromatic nitrogens is 2. The van der Waals surface area contributed by atoms with Crippen molar-refractivity contribution in [1.82, 2.24) is 15.1 Å². The molecule has 5 heteroatoms. The van der Waals surface area contributed by atoms with Crippen LogP contribution in [-0.4, -0.2) is 36.1 Å². The third kappa shape index (κ3) is 3.98. The van der Waals surface area contributed by atoms with E-state index in [1.807, 2.05) is 6.20 Å². The van der Waals surface area contributed by atoms with Gasteiger partial charge in [-0.25, -0.2) is 0 Å². The molecule has 0 saturated carbocycles. The van der Waals surface area contributed by atoms with E-state index < -0.39 is 0 Å². The van der Waals surface area contributed by atoms with Crippen LogP contribution in [0.3, 0.4) is 0 Å². The van der Waals surface area contributed by atoms with Crippen LogP contribution < -0.4 is 10.1 Å². The van der Waals surface area contributed by atoms with Crippen LogP contribution in [0.5, 0.6) is 5.75 Å². The van der Waals surface area contributed by atoms with Crippen molar-refractivity contribution in [1.29, 1.82) is 0 Å². The summed E-state index contributed by atoms with van der Waals surface area (Å²) in [6, 6.07) is 0.161. The molecule has 120 valence electrons. The molecule has 0 amide bonds. The lowest BCUT2D eigenvalue weighted by atomic mass is 9.98. The standard InChI is InChI=1S/C16H29N3O2/c1-4-9-17-15(13-8-6-7-11-21-13)16-14(20-3)12-18-19(16)10-5-2/h12-13,15,17H,4-11H2,1-3H3. The highest BCUT2D eigenvalue weighted by Crippen LogP contribution is 2.32. The quantitative estimate of drug-likeness (QED) is 0.801. The lowest BCUT2D eigenvalue weighted by molar-refractivity contribution is -0.0105. The first-order valence-corrected chi connectivity index (χ1v) is 8.26. The monoisotopic (exact) mass is 295 g/mol. The summed E-state index contributed by atoms with van der Waals surface area (Å²) in [7, 11) is 1.72. The fourth-order valence-corrected chi connectivity index (χ4v) is 2.97. The molecular formula is C16H29N3O2. The van der Waals surface area contributed by atoms with Crippen LogP contribution in [-0.2, 0) is 11.3 Å². The molecule has 1 N–H and O–H groups in total. The van der Waals surface area contributed by atoms with Crippen LogP contribution in [0.4, 0.5) is 0 Å². The molecule has 1 aromatic heterocycles. The van der Waals surface area contributed by atoms with Gasteiger partial charge in [0.1, 0.15) is 0 Å². The van der Waals surface area contributed by atoms with Crippen molar-refractivity contribution < 1.29 is 9.47 Å². The Hall–Kier alpha value is -1.07. The Kier molecular flexibility index (Phi) is 6.51. The Morgan fingerprint density at radius 1 is 1.43 bits per heavy atom. The molecule has 0 radical (unpaired) electrons. The maximum absolute atomic E-state index is 6.03. The first-order valence-electron chi connectivity index (χ1n) is 8.26. The molecule has 1 aliphatic rings. The van der Waals surface area contributed by atoms with E-state index in [-0.39, 0.29) is 12.1 Å². The first kappa shape index (κ1) is 16.3. The van der Waals surface area contributed by atoms with Gasteiger partial charge in [0.15, 0.2) is 5.75 Å². The Bertz CT molecular complexity index is 414. The van der Waals surface area contributed by atoms with E-state index in [4.69, 9.17) is 9.47 Å². The molecule has 2 atom stereocenters. The van der Waals surface area contributed by atoms with Crippen LogP contribution in [0.2, 0.25) is 0 Å². The summed E-state index contributed by atoms with van der Waals surface area (Å²) in [5.74, 6) is 0.867. The fourth-order valence-electron chi connectivity index (χ4n) is 2.97. The topological polar surface area (TPSA) is 48.3 Å². The van der Waals surface area contributed by atoms with Gasteiger partial charge in [-0.05, 0) is 38.6 Å². The SMILES string of the molecule is CCCNC(c1c(OC)cnn1CCC)C1CCCCO1. The van der Waals surface area contributed by atoms with Crippen LogP contribution >= 0.6 is 0 Å². The van der Waals surface area contributed by atoms with E-state index in [1.165, 1.54) is 12.8 Å². The molecule has 1 saturated heterocycles. The largest absolute Gasteiger partial charge is 0.493 e. The van der Waals surface area contributed by atoms with Gasteiger partial charge in [0.25, 0.3) is 0 Å². The average Bonchev–Trinajstić information content (AvgIpc) is 2.92. The minimum Gasteiger partial charge on any atom is -0.493 e. The lowest BCUT2D eigenvalue weighted by Crippen LogP contribution is -2.38. The molecule has 5 nitrogen and oxygen atoms in total. The zero-order valence-corrected chi connectivity index (χ0v) is 13.6. The number of nitrogens with zero attached hydrogens (tertiary/aromatic N) is 2. The Labute approximate surface area is 128 Å². The molecular weight excluding hydrogens is 266 g/mol. The Morgan fingerprint density at radius 2 is 2.29 bits per heavy atom. The van der Waals surface area contributed by atoms with E-state index in [0.29, 0.717) is 0 Å². The number of hydrogen-bond acceptors (Lipinski definition) is 4. The normalized spacial score (nSPS) is 20.4. The third-order valence-electron chi connectivity index (χ3n) is 4.00. The molecule has 0 spiro atoms. The Morgan fingerprint density at radius 3 is 2.90 bits per heavy atom. The van der Waals surface area contributed by atoms with Crippen LogP contribution in [0.1, 0.15) is 57.7 Å².